The maximum Gasteiger partial charge on any atom is 0.306 e. The Morgan fingerprint density at radius 3 is 1.27 bits per heavy atom. The second kappa shape index (κ2) is 54.5. The molecule has 0 saturated carbocycles. The molecule has 0 aliphatic rings. The normalized spacial score (nSPS) is 13.6. The molecule has 0 aliphatic heterocycles. The average Bonchev–Trinajstić information content (AvgIpc) is 3.32. The summed E-state index contributed by atoms with van der Waals surface area (Å²) < 4.78 is 5.93. The minimum atomic E-state index is -0.805. The molecule has 0 radical (unpaired) electrons. The Hall–Kier alpha value is -2.44. The van der Waals surface area contributed by atoms with E-state index in [9.17, 15) is 19.8 Å². The van der Waals surface area contributed by atoms with Crippen LogP contribution in [0.25, 0.3) is 0 Å². The van der Waals surface area contributed by atoms with Gasteiger partial charge in [-0.15, -0.1) is 0 Å². The number of aliphatic hydroxyl groups excluding tert-OH is 2. The molecule has 0 saturated heterocycles. The van der Waals surface area contributed by atoms with E-state index in [1.165, 1.54) is 167 Å². The number of hydrogen-bond donors (Lipinski definition) is 3. The van der Waals surface area contributed by atoms with Gasteiger partial charge in [0, 0.05) is 6.42 Å². The molecule has 0 spiro atoms. The number of amides is 1. The summed E-state index contributed by atoms with van der Waals surface area (Å²) in [4.78, 5) is 26.3. The van der Waals surface area contributed by atoms with E-state index < -0.39 is 18.2 Å². The van der Waals surface area contributed by atoms with E-state index in [2.05, 4.69) is 86.8 Å². The Bertz CT molecular complexity index is 1190. The summed E-state index contributed by atoms with van der Waals surface area (Å²) in [5.74, 6) is -0.526. The van der Waals surface area contributed by atoms with Crippen molar-refractivity contribution in [3.8, 4) is 0 Å². The van der Waals surface area contributed by atoms with Crippen LogP contribution in [0.4, 0.5) is 0 Å². The molecule has 3 atom stereocenters. The smallest absolute Gasteiger partial charge is 0.306 e. The third kappa shape index (κ3) is 49.8. The number of aliphatic hydroxyl groups is 2. The molecular formula is C61H111NO5. The van der Waals surface area contributed by atoms with Crippen LogP contribution < -0.4 is 5.32 Å². The Morgan fingerprint density at radius 1 is 0.448 bits per heavy atom. The third-order valence-corrected chi connectivity index (χ3v) is 13.1. The summed E-state index contributed by atoms with van der Waals surface area (Å²) in [7, 11) is 0. The highest BCUT2D eigenvalue weighted by Gasteiger charge is 2.24. The van der Waals surface area contributed by atoms with Crippen molar-refractivity contribution in [1.29, 1.82) is 0 Å². The number of rotatable bonds is 52. The van der Waals surface area contributed by atoms with Crippen molar-refractivity contribution in [1.82, 2.24) is 5.32 Å². The van der Waals surface area contributed by atoms with Crippen molar-refractivity contribution in [3.63, 3.8) is 0 Å². The SMILES string of the molecule is CC/C=C/C/C=C/C/C=C/C/C=C/CCCC(CC(=O)NC(CO)C(O)CCCCCCCCCCCCCCCCCCC)OC(=O)CCCCCCCCC/C=C/CCCCCCCC. The number of esters is 1. The van der Waals surface area contributed by atoms with Gasteiger partial charge in [0.2, 0.25) is 5.91 Å². The minimum Gasteiger partial charge on any atom is -0.462 e. The molecule has 0 aromatic rings. The summed E-state index contributed by atoms with van der Waals surface area (Å²) in [5.41, 5.74) is 0. The highest BCUT2D eigenvalue weighted by atomic mass is 16.5. The van der Waals surface area contributed by atoms with Crippen molar-refractivity contribution in [2.24, 2.45) is 0 Å². The standard InChI is InChI=1S/C61H111NO5/c1-4-7-10-13-16-19-22-25-28-30-32-35-38-41-44-47-50-53-59(64)58(56-63)62-60(65)55-57(52-49-46-43-40-37-34-27-24-21-18-15-12-9-6-3)67-61(66)54-51-48-45-42-39-36-33-31-29-26-23-20-17-14-11-8-5-2/h9,12,18,21,26-27,29,34,40,43,57-59,63-64H,4-8,10-11,13-17,19-20,22-25,28,30-33,35-39,41-42,44-56H2,1-3H3,(H,62,65)/b12-9+,21-18+,29-26+,34-27+,43-40+. The Balaban J connectivity index is 4.58. The van der Waals surface area contributed by atoms with Crippen LogP contribution in [-0.4, -0.2) is 46.9 Å². The second-order valence-electron chi connectivity index (χ2n) is 19.7. The van der Waals surface area contributed by atoms with Crippen LogP contribution in [-0.2, 0) is 14.3 Å². The lowest BCUT2D eigenvalue weighted by Crippen LogP contribution is -2.46. The molecule has 0 heterocycles. The van der Waals surface area contributed by atoms with Gasteiger partial charge >= 0.3 is 5.97 Å². The Morgan fingerprint density at radius 2 is 0.821 bits per heavy atom. The predicted octanol–water partition coefficient (Wildman–Crippen LogP) is 18.0. The van der Waals surface area contributed by atoms with E-state index in [1.807, 2.05) is 0 Å². The van der Waals surface area contributed by atoms with Gasteiger partial charge in [0.05, 0.1) is 25.2 Å². The molecule has 0 fully saturated rings. The number of ether oxygens (including phenoxy) is 1. The van der Waals surface area contributed by atoms with Gasteiger partial charge in [0.1, 0.15) is 6.10 Å². The zero-order valence-corrected chi connectivity index (χ0v) is 44.5. The van der Waals surface area contributed by atoms with Crippen LogP contribution in [0.2, 0.25) is 0 Å². The molecule has 3 N–H and O–H groups in total. The van der Waals surface area contributed by atoms with Gasteiger partial charge in [-0.1, -0.05) is 255 Å². The highest BCUT2D eigenvalue weighted by Crippen LogP contribution is 2.18. The Kier molecular flexibility index (Phi) is 52.5. The first-order valence-electron chi connectivity index (χ1n) is 29.0. The van der Waals surface area contributed by atoms with E-state index in [0.29, 0.717) is 19.3 Å². The first-order valence-corrected chi connectivity index (χ1v) is 29.0. The van der Waals surface area contributed by atoms with Gasteiger partial charge in [-0.05, 0) is 83.5 Å². The minimum absolute atomic E-state index is 0.0382. The summed E-state index contributed by atoms with van der Waals surface area (Å²) in [6.07, 6.45) is 68.6. The zero-order chi connectivity index (χ0) is 48.8. The summed E-state index contributed by atoms with van der Waals surface area (Å²) in [6, 6.07) is -0.722. The summed E-state index contributed by atoms with van der Waals surface area (Å²) >= 11 is 0. The van der Waals surface area contributed by atoms with Crippen molar-refractivity contribution < 1.29 is 24.5 Å². The van der Waals surface area contributed by atoms with Crippen molar-refractivity contribution >= 4 is 11.9 Å². The van der Waals surface area contributed by atoms with E-state index >= 15 is 0 Å². The van der Waals surface area contributed by atoms with Crippen LogP contribution in [0, 0.1) is 0 Å². The van der Waals surface area contributed by atoms with Gasteiger partial charge in [-0.25, -0.2) is 0 Å². The first-order chi connectivity index (χ1) is 33.0. The molecule has 3 unspecified atom stereocenters. The number of carbonyl (C=O) groups excluding carboxylic acids is 2. The predicted molar refractivity (Wildman–Crippen MR) is 292 cm³/mol. The van der Waals surface area contributed by atoms with Crippen LogP contribution in [0.5, 0.6) is 0 Å². The fourth-order valence-corrected chi connectivity index (χ4v) is 8.72. The third-order valence-electron chi connectivity index (χ3n) is 13.1. The fraction of sp³-hybridized carbons (Fsp3) is 0.803. The maximum absolute atomic E-state index is 13.3. The second-order valence-corrected chi connectivity index (χ2v) is 19.7. The van der Waals surface area contributed by atoms with Crippen LogP contribution in [0.1, 0.15) is 290 Å². The lowest BCUT2D eigenvalue weighted by atomic mass is 10.0. The largest absolute Gasteiger partial charge is 0.462 e. The van der Waals surface area contributed by atoms with Crippen LogP contribution >= 0.6 is 0 Å². The molecule has 0 aromatic carbocycles. The van der Waals surface area contributed by atoms with Gasteiger partial charge in [-0.3, -0.25) is 9.59 Å². The van der Waals surface area contributed by atoms with E-state index in [0.717, 1.165) is 77.0 Å². The quantitative estimate of drug-likeness (QED) is 0.0321. The number of hydrogen-bond acceptors (Lipinski definition) is 5. The number of unbranched alkanes of at least 4 members (excludes halogenated alkanes) is 30. The molecular weight excluding hydrogens is 827 g/mol. The molecule has 67 heavy (non-hydrogen) atoms. The van der Waals surface area contributed by atoms with Crippen molar-refractivity contribution in [2.75, 3.05) is 6.61 Å². The molecule has 6 nitrogen and oxygen atoms in total. The van der Waals surface area contributed by atoms with E-state index in [1.54, 1.807) is 0 Å². The van der Waals surface area contributed by atoms with Gasteiger partial charge in [0.15, 0.2) is 0 Å². The molecule has 1 amide bonds. The number of nitrogens with one attached hydrogen (secondary N) is 1. The zero-order valence-electron chi connectivity index (χ0n) is 44.5. The van der Waals surface area contributed by atoms with Gasteiger partial charge in [0.25, 0.3) is 0 Å². The fourth-order valence-electron chi connectivity index (χ4n) is 8.72. The van der Waals surface area contributed by atoms with Crippen molar-refractivity contribution in [2.45, 2.75) is 309 Å². The molecule has 0 rings (SSSR count). The van der Waals surface area contributed by atoms with E-state index in [4.69, 9.17) is 4.74 Å². The maximum atomic E-state index is 13.3. The topological polar surface area (TPSA) is 95.9 Å². The van der Waals surface area contributed by atoms with E-state index in [-0.39, 0.29) is 24.9 Å². The molecule has 6 heteroatoms. The van der Waals surface area contributed by atoms with Crippen LogP contribution in [0.3, 0.4) is 0 Å². The van der Waals surface area contributed by atoms with Gasteiger partial charge in [-0.2, -0.15) is 0 Å². The summed E-state index contributed by atoms with van der Waals surface area (Å²) in [5, 5.41) is 23.9. The lowest BCUT2D eigenvalue weighted by Gasteiger charge is -2.24. The van der Waals surface area contributed by atoms with Crippen LogP contribution in [0.15, 0.2) is 60.8 Å². The molecule has 0 aromatic heterocycles. The van der Waals surface area contributed by atoms with Crippen molar-refractivity contribution in [3.05, 3.63) is 60.8 Å². The monoisotopic (exact) mass is 938 g/mol. The molecule has 390 valence electrons. The number of carbonyl (C=O) groups is 2. The Labute approximate surface area is 416 Å². The average molecular weight is 939 g/mol. The molecule has 0 bridgehead atoms. The van der Waals surface area contributed by atoms with Gasteiger partial charge < -0.3 is 20.3 Å². The molecule has 0 aliphatic carbocycles. The lowest BCUT2D eigenvalue weighted by molar-refractivity contribution is -0.151. The number of allylic oxidation sites excluding steroid dienone is 10. The first kappa shape index (κ1) is 64.6. The highest BCUT2D eigenvalue weighted by molar-refractivity contribution is 5.77. The summed E-state index contributed by atoms with van der Waals surface area (Å²) in [6.45, 7) is 6.38.